The summed E-state index contributed by atoms with van der Waals surface area (Å²) in [5.74, 6) is -0.0926. The molecule has 3 aromatic carbocycles. The molecule has 2 atom stereocenters. The van der Waals surface area contributed by atoms with Gasteiger partial charge in [0.1, 0.15) is 11.6 Å². The second-order valence-electron chi connectivity index (χ2n) is 9.39. The van der Waals surface area contributed by atoms with Gasteiger partial charge in [-0.15, -0.1) is 0 Å². The van der Waals surface area contributed by atoms with Gasteiger partial charge in [-0.3, -0.25) is 0 Å². The standard InChI is InChI=1S/C27H24ClFN2O3/c1-26(2,3)24(33-25(31)32)27(17-9-5-4-6-10-17)14-18-21(34-27)13-12-19(28)23(18)22-16(15-30)8-7-11-20(22)29/h4-13,24H,14H2,1-3H3,(H2,31,32)/t24-,27-/m0/s1. The van der Waals surface area contributed by atoms with E-state index in [1.807, 2.05) is 51.1 Å². The van der Waals surface area contributed by atoms with Gasteiger partial charge in [0.2, 0.25) is 0 Å². The Morgan fingerprint density at radius 3 is 2.47 bits per heavy atom. The van der Waals surface area contributed by atoms with Crippen LogP contribution in [-0.2, 0) is 16.8 Å². The Bertz CT molecular complexity index is 1300. The molecule has 5 nitrogen and oxygen atoms in total. The largest absolute Gasteiger partial charge is 0.478 e. The maximum Gasteiger partial charge on any atom is 0.404 e. The maximum atomic E-state index is 15.1. The van der Waals surface area contributed by atoms with Crippen molar-refractivity contribution in [2.45, 2.75) is 38.9 Å². The highest BCUT2D eigenvalue weighted by Gasteiger charge is 2.55. The van der Waals surface area contributed by atoms with Gasteiger partial charge < -0.3 is 15.2 Å². The third kappa shape index (κ3) is 3.97. The van der Waals surface area contributed by atoms with Crippen molar-refractivity contribution in [2.75, 3.05) is 0 Å². The summed E-state index contributed by atoms with van der Waals surface area (Å²) < 4.78 is 27.4. The third-order valence-electron chi connectivity index (χ3n) is 6.04. The second kappa shape index (κ2) is 8.66. The van der Waals surface area contributed by atoms with E-state index in [1.165, 1.54) is 12.1 Å². The molecule has 0 fully saturated rings. The number of nitrogens with two attached hydrogens (primary N) is 1. The molecule has 0 spiro atoms. The fourth-order valence-corrected chi connectivity index (χ4v) is 5.05. The van der Waals surface area contributed by atoms with E-state index in [4.69, 9.17) is 26.8 Å². The molecule has 0 unspecified atom stereocenters. The zero-order valence-corrected chi connectivity index (χ0v) is 19.8. The van der Waals surface area contributed by atoms with Crippen LogP contribution in [0.25, 0.3) is 11.1 Å². The van der Waals surface area contributed by atoms with Crippen LogP contribution in [-0.4, -0.2) is 12.2 Å². The number of halogens is 2. The van der Waals surface area contributed by atoms with Crippen molar-refractivity contribution >= 4 is 17.7 Å². The highest BCUT2D eigenvalue weighted by Crippen LogP contribution is 2.53. The SMILES string of the molecule is CC(C)(C)[C@H](OC(N)=O)[C@@]1(c2ccccc2)Cc2c(ccc(Cl)c2-c2c(F)cccc2C#N)O1. The summed E-state index contributed by atoms with van der Waals surface area (Å²) in [7, 11) is 0. The van der Waals surface area contributed by atoms with E-state index in [0.29, 0.717) is 16.9 Å². The molecule has 174 valence electrons. The molecule has 7 heteroatoms. The molecular formula is C27H24ClFN2O3. The average Bonchev–Trinajstić information content (AvgIpc) is 3.18. The number of fused-ring (bicyclic) bond motifs is 1. The Morgan fingerprint density at radius 2 is 1.85 bits per heavy atom. The fourth-order valence-electron chi connectivity index (χ4n) is 4.77. The van der Waals surface area contributed by atoms with Gasteiger partial charge in [0.05, 0.1) is 11.6 Å². The highest BCUT2D eigenvalue weighted by molar-refractivity contribution is 6.33. The highest BCUT2D eigenvalue weighted by atomic mass is 35.5. The Hall–Kier alpha value is -3.56. The van der Waals surface area contributed by atoms with Crippen molar-refractivity contribution in [3.63, 3.8) is 0 Å². The summed E-state index contributed by atoms with van der Waals surface area (Å²) in [6.45, 7) is 5.78. The molecular weight excluding hydrogens is 455 g/mol. The molecule has 4 rings (SSSR count). The summed E-state index contributed by atoms with van der Waals surface area (Å²) >= 11 is 6.60. The Labute approximate surface area is 202 Å². The van der Waals surface area contributed by atoms with Crippen LogP contribution in [0.3, 0.4) is 0 Å². The molecule has 34 heavy (non-hydrogen) atoms. The van der Waals surface area contributed by atoms with Crippen LogP contribution in [0.4, 0.5) is 9.18 Å². The molecule has 0 aliphatic carbocycles. The molecule has 0 bridgehead atoms. The van der Waals surface area contributed by atoms with E-state index in [2.05, 4.69) is 6.07 Å². The molecule has 1 heterocycles. The third-order valence-corrected chi connectivity index (χ3v) is 6.36. The van der Waals surface area contributed by atoms with Crippen molar-refractivity contribution in [1.29, 1.82) is 5.26 Å². The van der Waals surface area contributed by atoms with Crippen LogP contribution in [0.1, 0.15) is 37.5 Å². The molecule has 1 aliphatic heterocycles. The molecule has 1 aliphatic rings. The number of rotatable bonds is 4. The van der Waals surface area contributed by atoms with Gasteiger partial charge in [-0.2, -0.15) is 5.26 Å². The number of benzene rings is 3. The summed E-state index contributed by atoms with van der Waals surface area (Å²) in [4.78, 5) is 12.0. The van der Waals surface area contributed by atoms with Crippen LogP contribution in [0.2, 0.25) is 5.02 Å². The predicted octanol–water partition coefficient (Wildman–Crippen LogP) is 6.36. The minimum Gasteiger partial charge on any atom is -0.478 e. The van der Waals surface area contributed by atoms with Crippen molar-refractivity contribution < 1.29 is 18.7 Å². The van der Waals surface area contributed by atoms with Crippen LogP contribution in [0.15, 0.2) is 60.7 Å². The van der Waals surface area contributed by atoms with Crippen molar-refractivity contribution in [3.8, 4) is 22.9 Å². The lowest BCUT2D eigenvalue weighted by Crippen LogP contribution is -2.53. The quantitative estimate of drug-likeness (QED) is 0.473. The summed E-state index contributed by atoms with van der Waals surface area (Å²) in [6, 6.07) is 19.1. The molecule has 0 saturated heterocycles. The first kappa shape index (κ1) is 23.6. The average molecular weight is 479 g/mol. The molecule has 0 saturated carbocycles. The van der Waals surface area contributed by atoms with Gasteiger partial charge in [0.15, 0.2) is 11.7 Å². The van der Waals surface area contributed by atoms with E-state index in [0.717, 1.165) is 5.56 Å². The number of nitriles is 1. The van der Waals surface area contributed by atoms with E-state index in [-0.39, 0.29) is 22.6 Å². The molecule has 0 radical (unpaired) electrons. The number of carbonyl (C=O) groups is 1. The zero-order chi connectivity index (χ0) is 24.7. The number of carbonyl (C=O) groups excluding carboxylic acids is 1. The van der Waals surface area contributed by atoms with Crippen molar-refractivity contribution in [2.24, 2.45) is 11.1 Å². The summed E-state index contributed by atoms with van der Waals surface area (Å²) in [5.41, 5.74) is 5.80. The minimum absolute atomic E-state index is 0.113. The van der Waals surface area contributed by atoms with Crippen LogP contribution in [0.5, 0.6) is 5.75 Å². The first-order valence-electron chi connectivity index (χ1n) is 10.8. The smallest absolute Gasteiger partial charge is 0.404 e. The first-order valence-corrected chi connectivity index (χ1v) is 11.2. The molecule has 0 aromatic heterocycles. The van der Waals surface area contributed by atoms with E-state index in [1.54, 1.807) is 18.2 Å². The van der Waals surface area contributed by atoms with Crippen LogP contribution in [0, 0.1) is 22.6 Å². The molecule has 3 aromatic rings. The molecule has 1 amide bonds. The summed E-state index contributed by atoms with van der Waals surface area (Å²) in [5, 5.41) is 9.94. The second-order valence-corrected chi connectivity index (χ2v) is 9.80. The first-order chi connectivity index (χ1) is 16.1. The fraction of sp³-hybridized carbons (Fsp3) is 0.259. The van der Waals surface area contributed by atoms with Gasteiger partial charge in [-0.25, -0.2) is 9.18 Å². The lowest BCUT2D eigenvalue weighted by molar-refractivity contribution is -0.100. The van der Waals surface area contributed by atoms with Gasteiger partial charge in [-0.05, 0) is 29.8 Å². The lowest BCUT2D eigenvalue weighted by atomic mass is 9.72. The monoisotopic (exact) mass is 478 g/mol. The Morgan fingerprint density at radius 1 is 1.15 bits per heavy atom. The van der Waals surface area contributed by atoms with Crippen molar-refractivity contribution in [3.05, 3.63) is 88.2 Å². The normalized spacial score (nSPS) is 17.9. The van der Waals surface area contributed by atoms with Crippen LogP contribution >= 0.6 is 11.6 Å². The predicted molar refractivity (Wildman–Crippen MR) is 128 cm³/mol. The topological polar surface area (TPSA) is 85.3 Å². The van der Waals surface area contributed by atoms with Gasteiger partial charge in [0, 0.05) is 33.5 Å². The number of nitrogens with zero attached hydrogens (tertiary/aromatic N) is 1. The van der Waals surface area contributed by atoms with Gasteiger partial charge in [0.25, 0.3) is 0 Å². The summed E-state index contributed by atoms with van der Waals surface area (Å²) in [6.07, 6.45) is -1.50. The van der Waals surface area contributed by atoms with Crippen molar-refractivity contribution in [1.82, 2.24) is 0 Å². The number of hydrogen-bond donors (Lipinski definition) is 1. The Kier molecular flexibility index (Phi) is 6.01. The van der Waals surface area contributed by atoms with Gasteiger partial charge in [-0.1, -0.05) is 68.8 Å². The minimum atomic E-state index is -1.16. The number of hydrogen-bond acceptors (Lipinski definition) is 4. The van der Waals surface area contributed by atoms with E-state index < -0.39 is 29.0 Å². The number of ether oxygens (including phenoxy) is 2. The molecule has 2 N–H and O–H groups in total. The van der Waals surface area contributed by atoms with E-state index >= 15 is 4.39 Å². The van der Waals surface area contributed by atoms with Gasteiger partial charge >= 0.3 is 6.09 Å². The lowest BCUT2D eigenvalue weighted by Gasteiger charge is -2.43. The van der Waals surface area contributed by atoms with Crippen LogP contribution < -0.4 is 10.5 Å². The van der Waals surface area contributed by atoms with E-state index in [9.17, 15) is 10.1 Å². The zero-order valence-electron chi connectivity index (χ0n) is 19.1. The Balaban J connectivity index is 1.99. The number of primary amides is 1. The maximum absolute atomic E-state index is 15.1. The number of amides is 1.